The van der Waals surface area contributed by atoms with Gasteiger partial charge in [-0.15, -0.1) is 0 Å². The second-order valence-electron chi connectivity index (χ2n) is 8.43. The number of hydrogen-bond acceptors (Lipinski definition) is 4. The highest BCUT2D eigenvalue weighted by Gasteiger charge is 2.35. The number of benzene rings is 2. The molecule has 170 valence electrons. The second-order valence-corrected chi connectivity index (χ2v) is 8.43. The molecule has 0 aliphatic heterocycles. The first-order chi connectivity index (χ1) is 15.2. The van der Waals surface area contributed by atoms with Crippen LogP contribution in [0.1, 0.15) is 56.7 Å². The summed E-state index contributed by atoms with van der Waals surface area (Å²) in [5.74, 6) is 0.729. The van der Waals surface area contributed by atoms with E-state index in [0.717, 1.165) is 24.6 Å². The first-order valence-corrected chi connectivity index (χ1v) is 10.8. The van der Waals surface area contributed by atoms with E-state index in [9.17, 15) is 13.2 Å². The Morgan fingerprint density at radius 3 is 2.03 bits per heavy atom. The van der Waals surface area contributed by atoms with Gasteiger partial charge in [-0.05, 0) is 60.1 Å². The van der Waals surface area contributed by atoms with Crippen molar-refractivity contribution in [1.29, 1.82) is 0 Å². The summed E-state index contributed by atoms with van der Waals surface area (Å²) in [6.07, 6.45) is -1.82. The standard InChI is InChI=1S/C25H29F3N4/c1-5-17(4)19-8-12-20(13-9-19)30-23-22(25(26,27)28)15-29-24(32-23)31-21-10-6-18(7-11-21)14-16(2)3/h6-13,15-17H,5,14H2,1-4H3,(H2,29,30,31,32). The highest BCUT2D eigenvalue weighted by molar-refractivity contribution is 5.63. The molecule has 2 N–H and O–H groups in total. The van der Waals surface area contributed by atoms with Gasteiger partial charge in [0.2, 0.25) is 5.95 Å². The zero-order valence-electron chi connectivity index (χ0n) is 18.8. The molecule has 0 spiro atoms. The van der Waals surface area contributed by atoms with Crippen LogP contribution >= 0.6 is 0 Å². The first-order valence-electron chi connectivity index (χ1n) is 10.8. The summed E-state index contributed by atoms with van der Waals surface area (Å²) in [6, 6.07) is 15.1. The fraction of sp³-hybridized carbons (Fsp3) is 0.360. The summed E-state index contributed by atoms with van der Waals surface area (Å²) in [6.45, 7) is 8.50. The Morgan fingerprint density at radius 1 is 0.875 bits per heavy atom. The molecule has 0 radical (unpaired) electrons. The monoisotopic (exact) mass is 442 g/mol. The zero-order chi connectivity index (χ0) is 23.3. The van der Waals surface area contributed by atoms with Gasteiger partial charge < -0.3 is 10.6 Å². The summed E-state index contributed by atoms with van der Waals surface area (Å²) in [5, 5.41) is 5.80. The van der Waals surface area contributed by atoms with E-state index in [1.165, 1.54) is 5.56 Å². The number of hydrogen-bond donors (Lipinski definition) is 2. The summed E-state index contributed by atoms with van der Waals surface area (Å²) >= 11 is 0. The molecule has 0 bridgehead atoms. The van der Waals surface area contributed by atoms with E-state index in [1.807, 2.05) is 36.4 Å². The lowest BCUT2D eigenvalue weighted by molar-refractivity contribution is -0.137. The molecule has 3 rings (SSSR count). The van der Waals surface area contributed by atoms with Crippen molar-refractivity contribution in [3.8, 4) is 0 Å². The van der Waals surface area contributed by atoms with Gasteiger partial charge in [-0.3, -0.25) is 0 Å². The number of anilines is 4. The smallest absolute Gasteiger partial charge is 0.340 e. The number of rotatable bonds is 8. The zero-order valence-corrected chi connectivity index (χ0v) is 18.8. The molecular formula is C25H29F3N4. The van der Waals surface area contributed by atoms with E-state index < -0.39 is 11.7 Å². The van der Waals surface area contributed by atoms with Crippen LogP contribution in [0.5, 0.6) is 0 Å². The summed E-state index contributed by atoms with van der Waals surface area (Å²) in [5.41, 5.74) is 2.66. The van der Waals surface area contributed by atoms with Crippen LogP contribution in [0.25, 0.3) is 0 Å². The van der Waals surface area contributed by atoms with Crippen molar-refractivity contribution in [3.63, 3.8) is 0 Å². The van der Waals surface area contributed by atoms with Crippen LogP contribution in [-0.4, -0.2) is 9.97 Å². The van der Waals surface area contributed by atoms with Gasteiger partial charge >= 0.3 is 6.18 Å². The first kappa shape index (κ1) is 23.6. The average molecular weight is 443 g/mol. The van der Waals surface area contributed by atoms with Gasteiger partial charge in [-0.1, -0.05) is 52.0 Å². The van der Waals surface area contributed by atoms with Gasteiger partial charge in [-0.25, -0.2) is 4.98 Å². The minimum Gasteiger partial charge on any atom is -0.340 e. The van der Waals surface area contributed by atoms with Crippen LogP contribution in [0, 0.1) is 5.92 Å². The minimum atomic E-state index is -4.57. The van der Waals surface area contributed by atoms with E-state index in [2.05, 4.69) is 48.3 Å². The minimum absolute atomic E-state index is 0.0911. The predicted octanol–water partition coefficient (Wildman–Crippen LogP) is 7.69. The molecule has 1 unspecified atom stereocenters. The Hall–Kier alpha value is -3.09. The van der Waals surface area contributed by atoms with Gasteiger partial charge in [0.25, 0.3) is 0 Å². The van der Waals surface area contributed by atoms with Crippen LogP contribution in [0.15, 0.2) is 54.7 Å². The van der Waals surface area contributed by atoms with Gasteiger partial charge in [0.05, 0.1) is 0 Å². The van der Waals surface area contributed by atoms with E-state index in [-0.39, 0.29) is 11.8 Å². The number of nitrogens with zero attached hydrogens (tertiary/aromatic N) is 2. The number of halogens is 3. The highest BCUT2D eigenvalue weighted by atomic mass is 19.4. The lowest BCUT2D eigenvalue weighted by atomic mass is 9.99. The molecule has 32 heavy (non-hydrogen) atoms. The van der Waals surface area contributed by atoms with Crippen molar-refractivity contribution in [2.45, 2.75) is 52.6 Å². The normalized spacial score (nSPS) is 12.6. The van der Waals surface area contributed by atoms with E-state index in [1.54, 1.807) is 12.1 Å². The van der Waals surface area contributed by atoms with Crippen LogP contribution in [0.4, 0.5) is 36.3 Å². The summed E-state index contributed by atoms with van der Waals surface area (Å²) < 4.78 is 40.6. The number of alkyl halides is 3. The lowest BCUT2D eigenvalue weighted by Crippen LogP contribution is -2.12. The summed E-state index contributed by atoms with van der Waals surface area (Å²) in [7, 11) is 0. The maximum Gasteiger partial charge on any atom is 0.421 e. The molecule has 0 aliphatic rings. The van der Waals surface area contributed by atoms with Gasteiger partial charge in [-0.2, -0.15) is 18.2 Å². The van der Waals surface area contributed by atoms with E-state index in [0.29, 0.717) is 23.2 Å². The lowest BCUT2D eigenvalue weighted by Gasteiger charge is -2.16. The largest absolute Gasteiger partial charge is 0.421 e. The fourth-order valence-corrected chi connectivity index (χ4v) is 3.34. The van der Waals surface area contributed by atoms with E-state index in [4.69, 9.17) is 0 Å². The van der Waals surface area contributed by atoms with Gasteiger partial charge in [0, 0.05) is 17.6 Å². The maximum atomic E-state index is 13.5. The third kappa shape index (κ3) is 6.22. The van der Waals surface area contributed by atoms with Crippen molar-refractivity contribution < 1.29 is 13.2 Å². The van der Waals surface area contributed by atoms with Crippen molar-refractivity contribution in [2.75, 3.05) is 10.6 Å². The number of nitrogens with one attached hydrogen (secondary N) is 2. The number of aromatic nitrogens is 2. The second kappa shape index (κ2) is 10.0. The molecule has 0 aliphatic carbocycles. The van der Waals surface area contributed by atoms with Gasteiger partial charge in [0.15, 0.2) is 0 Å². The van der Waals surface area contributed by atoms with Crippen molar-refractivity contribution in [2.24, 2.45) is 5.92 Å². The Balaban J connectivity index is 1.83. The third-order valence-electron chi connectivity index (χ3n) is 5.30. The molecule has 7 heteroatoms. The van der Waals surface area contributed by atoms with Crippen molar-refractivity contribution in [3.05, 3.63) is 71.4 Å². The molecule has 0 fully saturated rings. The molecule has 1 aromatic heterocycles. The summed E-state index contributed by atoms with van der Waals surface area (Å²) in [4.78, 5) is 8.00. The van der Waals surface area contributed by atoms with Crippen LogP contribution in [0.2, 0.25) is 0 Å². The molecule has 3 aromatic rings. The van der Waals surface area contributed by atoms with Crippen LogP contribution in [-0.2, 0) is 12.6 Å². The average Bonchev–Trinajstić information content (AvgIpc) is 2.74. The molecule has 0 saturated carbocycles. The molecular weight excluding hydrogens is 413 g/mol. The molecule has 1 atom stereocenters. The van der Waals surface area contributed by atoms with Crippen molar-refractivity contribution >= 4 is 23.1 Å². The Kier molecular flexibility index (Phi) is 7.38. The highest BCUT2D eigenvalue weighted by Crippen LogP contribution is 2.35. The Bertz CT molecular complexity index is 1010. The quantitative estimate of drug-likeness (QED) is 0.375. The van der Waals surface area contributed by atoms with Crippen LogP contribution < -0.4 is 10.6 Å². The molecule has 4 nitrogen and oxygen atoms in total. The van der Waals surface area contributed by atoms with E-state index >= 15 is 0 Å². The topological polar surface area (TPSA) is 49.8 Å². The molecule has 2 aromatic carbocycles. The Labute approximate surface area is 187 Å². The SMILES string of the molecule is CCC(C)c1ccc(Nc2nc(Nc3ccc(CC(C)C)cc3)ncc2C(F)(F)F)cc1. The molecule has 0 amide bonds. The molecule has 0 saturated heterocycles. The Morgan fingerprint density at radius 2 is 1.47 bits per heavy atom. The fourth-order valence-electron chi connectivity index (χ4n) is 3.34. The third-order valence-corrected chi connectivity index (χ3v) is 5.30. The van der Waals surface area contributed by atoms with Crippen LogP contribution in [0.3, 0.4) is 0 Å². The maximum absolute atomic E-state index is 13.5. The predicted molar refractivity (Wildman–Crippen MR) is 124 cm³/mol. The van der Waals surface area contributed by atoms with Crippen molar-refractivity contribution in [1.82, 2.24) is 9.97 Å². The molecule has 1 heterocycles. The van der Waals surface area contributed by atoms with Gasteiger partial charge in [0.1, 0.15) is 11.4 Å².